The number of esters is 1. The van der Waals surface area contributed by atoms with Gasteiger partial charge in [-0.3, -0.25) is 5.32 Å². The predicted octanol–water partition coefficient (Wildman–Crippen LogP) is 5.82. The van der Waals surface area contributed by atoms with Crippen molar-refractivity contribution >= 4 is 46.0 Å². The average Bonchev–Trinajstić information content (AvgIpc) is 3.19. The molecule has 2 amide bonds. The van der Waals surface area contributed by atoms with Crippen molar-refractivity contribution in [1.29, 1.82) is 0 Å². The number of nitrogens with one attached hydrogen (secondary N) is 2. The lowest BCUT2D eigenvalue weighted by Crippen LogP contribution is -2.23. The zero-order chi connectivity index (χ0) is 24.4. The molecule has 8 nitrogen and oxygen atoms in total. The molecule has 2 aromatic heterocycles. The van der Waals surface area contributed by atoms with Crippen molar-refractivity contribution in [2.75, 3.05) is 17.2 Å². The molecule has 0 unspecified atom stereocenters. The second kappa shape index (κ2) is 9.52. The maximum absolute atomic E-state index is 12.8. The predicted molar refractivity (Wildman–Crippen MR) is 133 cm³/mol. The largest absolute Gasteiger partial charge is 0.462 e. The number of rotatable bonds is 5. The zero-order valence-corrected chi connectivity index (χ0v) is 20.0. The summed E-state index contributed by atoms with van der Waals surface area (Å²) in [7, 11) is 0. The molecule has 0 saturated carbocycles. The van der Waals surface area contributed by atoms with Gasteiger partial charge >= 0.3 is 12.0 Å². The van der Waals surface area contributed by atoms with E-state index in [1.54, 1.807) is 31.2 Å². The van der Waals surface area contributed by atoms with Crippen LogP contribution in [0.15, 0.2) is 48.7 Å². The standard InChI is InChI=1S/C25H24ClN5O3/c1-5-34-24(32)20-13-27-31(23(20)30-25(33)28-18-8-6-17(26)7-9-18)21-12-15(3)19-11-14(2)10-16(4)22(19)29-21/h6-13H,5H2,1-4H3,(H2,28,30,33). The van der Waals surface area contributed by atoms with E-state index >= 15 is 0 Å². The lowest BCUT2D eigenvalue weighted by molar-refractivity contribution is 0.0527. The second-order valence-electron chi connectivity index (χ2n) is 7.90. The fourth-order valence-corrected chi connectivity index (χ4v) is 3.87. The molecule has 174 valence electrons. The Morgan fingerprint density at radius 1 is 1.03 bits per heavy atom. The van der Waals surface area contributed by atoms with Gasteiger partial charge in [0.2, 0.25) is 0 Å². The van der Waals surface area contributed by atoms with Crippen LogP contribution in [0.1, 0.15) is 34.0 Å². The van der Waals surface area contributed by atoms with Gasteiger partial charge in [-0.25, -0.2) is 14.6 Å². The number of benzene rings is 2. The van der Waals surface area contributed by atoms with E-state index in [2.05, 4.69) is 27.9 Å². The van der Waals surface area contributed by atoms with E-state index in [4.69, 9.17) is 21.3 Å². The van der Waals surface area contributed by atoms with Gasteiger partial charge in [-0.05, 0) is 75.2 Å². The lowest BCUT2D eigenvalue weighted by atomic mass is 10.0. The van der Waals surface area contributed by atoms with Gasteiger partial charge in [0.1, 0.15) is 5.56 Å². The van der Waals surface area contributed by atoms with Crippen molar-refractivity contribution in [3.8, 4) is 5.82 Å². The van der Waals surface area contributed by atoms with Crippen LogP contribution in [0.5, 0.6) is 0 Å². The molecular weight excluding hydrogens is 454 g/mol. The van der Waals surface area contributed by atoms with E-state index in [0.29, 0.717) is 16.5 Å². The first-order valence-electron chi connectivity index (χ1n) is 10.7. The number of carbonyl (C=O) groups is 2. The highest BCUT2D eigenvalue weighted by atomic mass is 35.5. The fourth-order valence-electron chi connectivity index (χ4n) is 3.74. The van der Waals surface area contributed by atoms with Crippen molar-refractivity contribution in [3.05, 3.63) is 75.9 Å². The van der Waals surface area contributed by atoms with Gasteiger partial charge < -0.3 is 10.1 Å². The molecule has 2 N–H and O–H groups in total. The Bertz CT molecular complexity index is 1400. The summed E-state index contributed by atoms with van der Waals surface area (Å²) in [6.45, 7) is 7.92. The summed E-state index contributed by atoms with van der Waals surface area (Å²) in [5.41, 5.74) is 4.65. The Hall–Kier alpha value is -3.91. The number of urea groups is 1. The Morgan fingerprint density at radius 3 is 2.47 bits per heavy atom. The Balaban J connectivity index is 1.76. The molecule has 2 aromatic carbocycles. The highest BCUT2D eigenvalue weighted by Crippen LogP contribution is 2.27. The van der Waals surface area contributed by atoms with Crippen LogP contribution < -0.4 is 10.6 Å². The third-order valence-electron chi connectivity index (χ3n) is 5.26. The SMILES string of the molecule is CCOC(=O)c1cnn(-c2cc(C)c3cc(C)cc(C)c3n2)c1NC(=O)Nc1ccc(Cl)cc1. The molecule has 0 radical (unpaired) electrons. The topological polar surface area (TPSA) is 98.1 Å². The normalized spacial score (nSPS) is 10.9. The van der Waals surface area contributed by atoms with Crippen LogP contribution in [0.3, 0.4) is 0 Å². The first-order valence-corrected chi connectivity index (χ1v) is 11.1. The van der Waals surface area contributed by atoms with Crippen molar-refractivity contribution < 1.29 is 14.3 Å². The molecule has 34 heavy (non-hydrogen) atoms. The lowest BCUT2D eigenvalue weighted by Gasteiger charge is -2.14. The maximum atomic E-state index is 12.8. The maximum Gasteiger partial charge on any atom is 0.343 e. The highest BCUT2D eigenvalue weighted by Gasteiger charge is 2.23. The van der Waals surface area contributed by atoms with E-state index in [1.165, 1.54) is 10.9 Å². The molecule has 0 spiro atoms. The van der Waals surface area contributed by atoms with E-state index in [0.717, 1.165) is 27.6 Å². The summed E-state index contributed by atoms with van der Waals surface area (Å²) in [4.78, 5) is 30.1. The Morgan fingerprint density at radius 2 is 1.76 bits per heavy atom. The zero-order valence-electron chi connectivity index (χ0n) is 19.3. The summed E-state index contributed by atoms with van der Waals surface area (Å²) in [5, 5.41) is 11.4. The second-order valence-corrected chi connectivity index (χ2v) is 8.34. The minimum absolute atomic E-state index is 0.119. The van der Waals surface area contributed by atoms with Gasteiger partial charge in [0, 0.05) is 16.1 Å². The molecule has 2 heterocycles. The van der Waals surface area contributed by atoms with Crippen molar-refractivity contribution in [2.24, 2.45) is 0 Å². The van der Waals surface area contributed by atoms with Crippen LogP contribution in [-0.4, -0.2) is 33.4 Å². The summed E-state index contributed by atoms with van der Waals surface area (Å²) in [6, 6.07) is 12.1. The first-order chi connectivity index (χ1) is 16.3. The highest BCUT2D eigenvalue weighted by molar-refractivity contribution is 6.30. The van der Waals surface area contributed by atoms with Gasteiger partial charge in [0.25, 0.3) is 0 Å². The van der Waals surface area contributed by atoms with Gasteiger partial charge in [0.05, 0.1) is 18.3 Å². The molecule has 0 aliphatic rings. The molecular formula is C25H24ClN5O3. The average molecular weight is 478 g/mol. The minimum atomic E-state index is -0.597. The molecule has 0 fully saturated rings. The third kappa shape index (κ3) is 4.72. The number of aryl methyl sites for hydroxylation is 3. The molecule has 0 atom stereocenters. The van der Waals surface area contributed by atoms with Gasteiger partial charge in [-0.15, -0.1) is 0 Å². The van der Waals surface area contributed by atoms with Crippen molar-refractivity contribution in [3.63, 3.8) is 0 Å². The van der Waals surface area contributed by atoms with Crippen molar-refractivity contribution in [1.82, 2.24) is 14.8 Å². The summed E-state index contributed by atoms with van der Waals surface area (Å²) < 4.78 is 6.59. The van der Waals surface area contributed by atoms with Crippen LogP contribution in [0.4, 0.5) is 16.3 Å². The molecule has 0 aliphatic heterocycles. The number of anilines is 2. The smallest absolute Gasteiger partial charge is 0.343 e. The third-order valence-corrected chi connectivity index (χ3v) is 5.51. The molecule has 9 heteroatoms. The number of amides is 2. The van der Waals surface area contributed by atoms with E-state index in [1.807, 2.05) is 26.8 Å². The van der Waals surface area contributed by atoms with Crippen LogP contribution in [0.2, 0.25) is 5.02 Å². The number of hydrogen-bond donors (Lipinski definition) is 2. The molecule has 4 rings (SSSR count). The van der Waals surface area contributed by atoms with Gasteiger partial charge in [0.15, 0.2) is 11.6 Å². The Labute approximate surface area is 201 Å². The van der Waals surface area contributed by atoms with E-state index in [9.17, 15) is 9.59 Å². The van der Waals surface area contributed by atoms with Crippen LogP contribution >= 0.6 is 11.6 Å². The summed E-state index contributed by atoms with van der Waals surface area (Å²) >= 11 is 5.91. The first kappa shape index (κ1) is 23.3. The fraction of sp³-hybridized carbons (Fsp3) is 0.200. The minimum Gasteiger partial charge on any atom is -0.462 e. The number of halogens is 1. The number of nitrogens with zero attached hydrogens (tertiary/aromatic N) is 3. The van der Waals surface area contributed by atoms with Gasteiger partial charge in [-0.2, -0.15) is 9.78 Å². The number of carbonyl (C=O) groups excluding carboxylic acids is 2. The summed E-state index contributed by atoms with van der Waals surface area (Å²) in [5.74, 6) is 0.0232. The van der Waals surface area contributed by atoms with E-state index < -0.39 is 12.0 Å². The number of ether oxygens (including phenoxy) is 1. The van der Waals surface area contributed by atoms with E-state index in [-0.39, 0.29) is 18.0 Å². The molecule has 0 aliphatic carbocycles. The molecule has 4 aromatic rings. The van der Waals surface area contributed by atoms with Crippen LogP contribution in [-0.2, 0) is 4.74 Å². The van der Waals surface area contributed by atoms with Crippen LogP contribution in [0.25, 0.3) is 16.7 Å². The number of hydrogen-bond acceptors (Lipinski definition) is 5. The van der Waals surface area contributed by atoms with Gasteiger partial charge in [-0.1, -0.05) is 23.2 Å². The van der Waals surface area contributed by atoms with Crippen molar-refractivity contribution in [2.45, 2.75) is 27.7 Å². The number of aromatic nitrogens is 3. The van der Waals surface area contributed by atoms with Crippen LogP contribution in [0, 0.1) is 20.8 Å². The monoisotopic (exact) mass is 477 g/mol. The molecule has 0 saturated heterocycles. The number of fused-ring (bicyclic) bond motifs is 1. The Kier molecular flexibility index (Phi) is 6.51. The number of pyridine rings is 1. The summed E-state index contributed by atoms with van der Waals surface area (Å²) in [6.07, 6.45) is 1.36. The molecule has 0 bridgehead atoms. The quantitative estimate of drug-likeness (QED) is 0.353.